The van der Waals surface area contributed by atoms with E-state index in [4.69, 9.17) is 21.4 Å². The van der Waals surface area contributed by atoms with Gasteiger partial charge < -0.3 is 48.3 Å². The molecule has 0 unspecified atom stereocenters. The van der Waals surface area contributed by atoms with E-state index in [1.165, 1.54) is 0 Å². The van der Waals surface area contributed by atoms with E-state index >= 15 is 0 Å². The number of nitrogens with two attached hydrogens (primary N) is 2. The van der Waals surface area contributed by atoms with Crippen LogP contribution in [0.4, 0.5) is 23.7 Å². The van der Waals surface area contributed by atoms with Crippen molar-refractivity contribution in [3.05, 3.63) is 95.1 Å². The third-order valence-electron chi connectivity index (χ3n) is 8.90. The molecule has 3 aromatic rings. The number of hydrogen-bond donors (Lipinski definition) is 10. The van der Waals surface area contributed by atoms with Gasteiger partial charge in [0.25, 0.3) is 0 Å². The number of carbonyl (C=O) groups is 5. The molecule has 0 saturated carbocycles. The third kappa shape index (κ3) is 16.8. The molecule has 4 rings (SSSR count). The largest absolute Gasteiger partial charge is 0.508 e. The number of aromatic hydroxyl groups is 1. The molecule has 0 bridgehead atoms. The van der Waals surface area contributed by atoms with Crippen molar-refractivity contribution in [2.75, 3.05) is 38.0 Å². The number of amides is 5. The molecular formula is C40H53F3N10O7. The normalized spacial score (nSPS) is 13.4. The van der Waals surface area contributed by atoms with Gasteiger partial charge in [-0.3, -0.25) is 29.6 Å². The smallest absolute Gasteiger partial charge is 0.490 e. The number of alkyl halides is 3. The fourth-order valence-corrected chi connectivity index (χ4v) is 5.87. The Labute approximate surface area is 345 Å². The highest BCUT2D eigenvalue weighted by Crippen LogP contribution is 2.33. The molecule has 5 amide bonds. The van der Waals surface area contributed by atoms with Gasteiger partial charge in [-0.25, -0.2) is 9.59 Å². The summed E-state index contributed by atoms with van der Waals surface area (Å²) in [6.45, 7) is 4.99. The monoisotopic (exact) mass is 842 g/mol. The summed E-state index contributed by atoms with van der Waals surface area (Å²) < 4.78 is 31.7. The number of nitrogens with one attached hydrogen (secondary N) is 6. The van der Waals surface area contributed by atoms with Crippen LogP contribution in [-0.4, -0.2) is 95.7 Å². The number of urea groups is 1. The SMILES string of the molecule is CCC(=O)NCCNC(=O)NC(N)=NCCC[C@@H](NC(=O)[C@H](c1cccc(NCCCN)c1)N1Cc2ccccc2C1)C(=O)NCc1ccc(O)cc1.O=C(O)C(F)(F)F. The Kier molecular flexibility index (Phi) is 19.6. The van der Waals surface area contributed by atoms with E-state index in [0.717, 1.165) is 34.4 Å². The van der Waals surface area contributed by atoms with Crippen molar-refractivity contribution in [3.8, 4) is 5.75 Å². The molecule has 0 aromatic heterocycles. The molecule has 17 nitrogen and oxygen atoms in total. The lowest BCUT2D eigenvalue weighted by Gasteiger charge is -2.29. The predicted molar refractivity (Wildman–Crippen MR) is 218 cm³/mol. The minimum atomic E-state index is -5.08. The Morgan fingerprint density at radius 1 is 0.867 bits per heavy atom. The summed E-state index contributed by atoms with van der Waals surface area (Å²) in [5.74, 6) is -3.56. The number of phenols is 1. The maximum Gasteiger partial charge on any atom is 0.490 e. The molecule has 0 fully saturated rings. The second-order valence-electron chi connectivity index (χ2n) is 13.5. The average molecular weight is 843 g/mol. The number of anilines is 1. The van der Waals surface area contributed by atoms with Crippen molar-refractivity contribution in [1.82, 2.24) is 31.5 Å². The zero-order valence-electron chi connectivity index (χ0n) is 33.2. The van der Waals surface area contributed by atoms with Crippen molar-refractivity contribution in [3.63, 3.8) is 0 Å². The van der Waals surface area contributed by atoms with Crippen molar-refractivity contribution in [1.29, 1.82) is 0 Å². The summed E-state index contributed by atoms with van der Waals surface area (Å²) in [4.78, 5) is 66.8. The molecule has 12 N–H and O–H groups in total. The molecule has 2 atom stereocenters. The fraction of sp³-hybridized carbons (Fsp3) is 0.400. The summed E-state index contributed by atoms with van der Waals surface area (Å²) in [5, 5.41) is 33.8. The van der Waals surface area contributed by atoms with Gasteiger partial charge in [-0.2, -0.15) is 13.2 Å². The summed E-state index contributed by atoms with van der Waals surface area (Å²) in [7, 11) is 0. The standard InChI is InChI=1S/C38H52N10O5.C2HF3O2/c1-2-33(50)42-20-21-44-38(53)47-37(40)43-18-6-12-32(35(51)45-23-26-13-15-31(49)16-14-26)46-36(52)34(48-24-28-8-3-4-9-29(28)25-48)27-10-5-11-30(22-27)41-19-7-17-39;3-2(4,5)1(6)7/h3-5,8-11,13-16,22,32,34,41,49H,2,6-7,12,17-21,23-25,39H2,1H3,(H,42,50)(H,45,51)(H,46,52)(H4,40,43,44,47,53);(H,6,7)/t32-,34+;/m1./s1. The highest BCUT2D eigenvalue weighted by atomic mass is 19.4. The molecule has 1 aliphatic rings. The number of carbonyl (C=O) groups excluding carboxylic acids is 4. The predicted octanol–water partition coefficient (Wildman–Crippen LogP) is 2.56. The van der Waals surface area contributed by atoms with Crippen LogP contribution in [0.5, 0.6) is 5.75 Å². The number of nitrogens with zero attached hydrogens (tertiary/aromatic N) is 2. The molecule has 326 valence electrons. The number of benzene rings is 3. The van der Waals surface area contributed by atoms with Crippen LogP contribution >= 0.6 is 0 Å². The van der Waals surface area contributed by atoms with Crippen LogP contribution in [0, 0.1) is 0 Å². The highest BCUT2D eigenvalue weighted by molar-refractivity contribution is 5.95. The van der Waals surface area contributed by atoms with E-state index < -0.39 is 30.3 Å². The average Bonchev–Trinajstić information content (AvgIpc) is 3.64. The van der Waals surface area contributed by atoms with Crippen molar-refractivity contribution < 1.29 is 47.4 Å². The molecule has 0 aliphatic carbocycles. The minimum absolute atomic E-state index is 0.105. The first-order chi connectivity index (χ1) is 28.6. The number of aliphatic carboxylic acids is 1. The zero-order chi connectivity index (χ0) is 44.1. The van der Waals surface area contributed by atoms with Gasteiger partial charge in [0.15, 0.2) is 5.96 Å². The van der Waals surface area contributed by atoms with Gasteiger partial charge in [0.2, 0.25) is 17.7 Å². The van der Waals surface area contributed by atoms with Crippen LogP contribution in [-0.2, 0) is 38.8 Å². The number of carboxylic acid groups (broad SMARTS) is 1. The van der Waals surface area contributed by atoms with Gasteiger partial charge >= 0.3 is 18.2 Å². The molecule has 3 aromatic carbocycles. The second kappa shape index (κ2) is 24.5. The number of carboxylic acids is 1. The van der Waals surface area contributed by atoms with Crippen LogP contribution in [0.1, 0.15) is 60.9 Å². The number of fused-ring (bicyclic) bond motifs is 1. The summed E-state index contributed by atoms with van der Waals surface area (Å²) in [6, 6.07) is 20.2. The van der Waals surface area contributed by atoms with Gasteiger partial charge in [-0.15, -0.1) is 0 Å². The van der Waals surface area contributed by atoms with E-state index in [0.29, 0.717) is 39.0 Å². The number of halogens is 3. The topological polar surface area (TPSA) is 266 Å². The van der Waals surface area contributed by atoms with E-state index in [2.05, 4.69) is 53.9 Å². The van der Waals surface area contributed by atoms with Crippen LogP contribution in [0.15, 0.2) is 77.8 Å². The summed E-state index contributed by atoms with van der Waals surface area (Å²) >= 11 is 0. The molecule has 20 heteroatoms. The third-order valence-corrected chi connectivity index (χ3v) is 8.90. The highest BCUT2D eigenvalue weighted by Gasteiger charge is 2.38. The van der Waals surface area contributed by atoms with Crippen LogP contribution < -0.4 is 43.4 Å². The first kappa shape index (κ1) is 48.0. The molecule has 1 heterocycles. The Balaban J connectivity index is 0.00000126. The van der Waals surface area contributed by atoms with Crippen molar-refractivity contribution in [2.24, 2.45) is 16.5 Å². The molecule has 0 saturated heterocycles. The summed E-state index contributed by atoms with van der Waals surface area (Å²) in [6.07, 6.45) is -3.33. The lowest BCUT2D eigenvalue weighted by Crippen LogP contribution is -2.50. The van der Waals surface area contributed by atoms with E-state index in [9.17, 15) is 37.5 Å². The maximum atomic E-state index is 14.4. The number of hydrogen-bond acceptors (Lipinski definition) is 10. The Morgan fingerprint density at radius 2 is 1.52 bits per heavy atom. The lowest BCUT2D eigenvalue weighted by molar-refractivity contribution is -0.192. The van der Waals surface area contributed by atoms with Crippen molar-refractivity contribution in [2.45, 2.75) is 70.5 Å². The number of guanidine groups is 1. The zero-order valence-corrected chi connectivity index (χ0v) is 33.2. The molecule has 0 spiro atoms. The lowest BCUT2D eigenvalue weighted by atomic mass is 10.0. The number of rotatable bonds is 19. The molecule has 60 heavy (non-hydrogen) atoms. The van der Waals surface area contributed by atoms with Gasteiger partial charge in [0.05, 0.1) is 0 Å². The first-order valence-electron chi connectivity index (χ1n) is 19.2. The molecule has 0 radical (unpaired) electrons. The fourth-order valence-electron chi connectivity index (χ4n) is 5.87. The minimum Gasteiger partial charge on any atom is -0.508 e. The van der Waals surface area contributed by atoms with Gasteiger partial charge in [-0.1, -0.05) is 55.5 Å². The second-order valence-corrected chi connectivity index (χ2v) is 13.5. The Bertz CT molecular complexity index is 1890. The number of aliphatic imine (C=N–C) groups is 1. The van der Waals surface area contributed by atoms with E-state index in [1.54, 1.807) is 31.2 Å². The van der Waals surface area contributed by atoms with Crippen LogP contribution in [0.25, 0.3) is 0 Å². The van der Waals surface area contributed by atoms with Gasteiger partial charge in [0.1, 0.15) is 17.8 Å². The Morgan fingerprint density at radius 3 is 2.13 bits per heavy atom. The maximum absolute atomic E-state index is 14.4. The first-order valence-corrected chi connectivity index (χ1v) is 19.2. The molecule has 1 aliphatic heterocycles. The molecular weight excluding hydrogens is 789 g/mol. The quantitative estimate of drug-likeness (QED) is 0.0476. The van der Waals surface area contributed by atoms with Crippen molar-refractivity contribution >= 4 is 41.4 Å². The van der Waals surface area contributed by atoms with Crippen LogP contribution in [0.2, 0.25) is 0 Å². The summed E-state index contributed by atoms with van der Waals surface area (Å²) in [5.41, 5.74) is 16.3. The van der Waals surface area contributed by atoms with E-state index in [1.807, 2.05) is 36.4 Å². The number of phenolic OH excluding ortho intramolecular Hbond substituents is 1. The van der Waals surface area contributed by atoms with E-state index in [-0.39, 0.29) is 62.0 Å². The van der Waals surface area contributed by atoms with Gasteiger partial charge in [-0.05, 0) is 72.3 Å². The van der Waals surface area contributed by atoms with Crippen LogP contribution in [0.3, 0.4) is 0 Å². The van der Waals surface area contributed by atoms with Gasteiger partial charge in [0, 0.05) is 57.9 Å². The Hall–Kier alpha value is -6.41.